The Hall–Kier alpha value is -1.75. The van der Waals surface area contributed by atoms with Crippen molar-refractivity contribution in [2.24, 2.45) is 5.92 Å². The highest BCUT2D eigenvalue weighted by atomic mass is 19.3. The van der Waals surface area contributed by atoms with Gasteiger partial charge in [-0.05, 0) is 12.5 Å². The van der Waals surface area contributed by atoms with Crippen LogP contribution >= 0.6 is 0 Å². The zero-order valence-electron chi connectivity index (χ0n) is 12.4. The number of rotatable bonds is 7. The van der Waals surface area contributed by atoms with E-state index in [4.69, 9.17) is 0 Å². The lowest BCUT2D eigenvalue weighted by Crippen LogP contribution is -2.25. The van der Waals surface area contributed by atoms with E-state index in [-0.39, 0.29) is 5.56 Å². The number of nitrogens with one attached hydrogen (secondary N) is 1. The third kappa shape index (κ3) is 4.36. The van der Waals surface area contributed by atoms with Crippen molar-refractivity contribution in [3.05, 3.63) is 54.1 Å². The highest BCUT2D eigenvalue weighted by Crippen LogP contribution is 2.29. The van der Waals surface area contributed by atoms with E-state index in [1.165, 1.54) is 16.7 Å². The van der Waals surface area contributed by atoms with Gasteiger partial charge in [-0.15, -0.1) is 0 Å². The fourth-order valence-corrected chi connectivity index (χ4v) is 2.11. The fourth-order valence-electron chi connectivity index (χ4n) is 2.11. The molecule has 3 nitrogen and oxygen atoms in total. The van der Waals surface area contributed by atoms with Crippen LogP contribution in [0.3, 0.4) is 0 Å². The second-order valence-electron chi connectivity index (χ2n) is 5.57. The fraction of sp³-hybridized carbons (Fsp3) is 0.438. The first-order valence-electron chi connectivity index (χ1n) is 7.13. The summed E-state index contributed by atoms with van der Waals surface area (Å²) in [4.78, 5) is 4.16. The van der Waals surface area contributed by atoms with Gasteiger partial charge in [-0.1, -0.05) is 44.2 Å². The summed E-state index contributed by atoms with van der Waals surface area (Å²) in [6, 6.07) is 7.89. The van der Waals surface area contributed by atoms with Crippen molar-refractivity contribution in [1.82, 2.24) is 14.9 Å². The van der Waals surface area contributed by atoms with Gasteiger partial charge in [0.05, 0.1) is 13.1 Å². The summed E-state index contributed by atoms with van der Waals surface area (Å²) in [6.07, 6.45) is 3.16. The Bertz CT molecular complexity index is 550. The van der Waals surface area contributed by atoms with Crippen molar-refractivity contribution in [3.63, 3.8) is 0 Å². The molecule has 0 atom stereocenters. The summed E-state index contributed by atoms with van der Waals surface area (Å²) in [5, 5.41) is 3.22. The van der Waals surface area contributed by atoms with Crippen LogP contribution in [0.25, 0.3) is 0 Å². The lowest BCUT2D eigenvalue weighted by atomic mass is 10.1. The molecule has 0 bridgehead atoms. The molecule has 1 heterocycles. The molecule has 0 aliphatic heterocycles. The van der Waals surface area contributed by atoms with Crippen LogP contribution in [0.1, 0.15) is 25.2 Å². The molecule has 0 saturated carbocycles. The van der Waals surface area contributed by atoms with Gasteiger partial charge in [0.1, 0.15) is 5.82 Å². The Balaban J connectivity index is 2.04. The molecule has 0 aliphatic carbocycles. The number of hydrogen-bond donors (Lipinski definition) is 1. The van der Waals surface area contributed by atoms with Crippen LogP contribution in [-0.2, 0) is 19.0 Å². The first kappa shape index (κ1) is 15.6. The summed E-state index contributed by atoms with van der Waals surface area (Å²) in [5.41, 5.74) is 0.0276. The first-order valence-corrected chi connectivity index (χ1v) is 7.13. The van der Waals surface area contributed by atoms with E-state index < -0.39 is 12.5 Å². The van der Waals surface area contributed by atoms with Crippen molar-refractivity contribution in [1.29, 1.82) is 0 Å². The van der Waals surface area contributed by atoms with E-state index in [1.807, 2.05) is 0 Å². The van der Waals surface area contributed by atoms with Crippen molar-refractivity contribution in [2.45, 2.75) is 32.9 Å². The maximum Gasteiger partial charge on any atom is 0.290 e. The first-order chi connectivity index (χ1) is 9.99. The molecule has 114 valence electrons. The average molecular weight is 293 g/mol. The van der Waals surface area contributed by atoms with Crippen molar-refractivity contribution in [2.75, 3.05) is 6.54 Å². The minimum absolute atomic E-state index is 0.0276. The molecule has 0 radical (unpaired) electrons. The summed E-state index contributed by atoms with van der Waals surface area (Å²) >= 11 is 0. The Morgan fingerprint density at radius 3 is 2.62 bits per heavy atom. The van der Waals surface area contributed by atoms with Gasteiger partial charge >= 0.3 is 0 Å². The molecule has 21 heavy (non-hydrogen) atoms. The van der Waals surface area contributed by atoms with Crippen molar-refractivity contribution in [3.8, 4) is 0 Å². The van der Waals surface area contributed by atoms with Crippen LogP contribution < -0.4 is 5.32 Å². The molecule has 5 heteroatoms. The van der Waals surface area contributed by atoms with Crippen LogP contribution in [-0.4, -0.2) is 16.1 Å². The predicted octanol–water partition coefficient (Wildman–Crippen LogP) is 3.42. The van der Waals surface area contributed by atoms with Crippen LogP contribution in [0.5, 0.6) is 0 Å². The third-order valence-electron chi connectivity index (χ3n) is 3.20. The zero-order valence-corrected chi connectivity index (χ0v) is 12.4. The highest BCUT2D eigenvalue weighted by molar-refractivity contribution is 5.20. The maximum absolute atomic E-state index is 14.3. The van der Waals surface area contributed by atoms with Gasteiger partial charge in [0.15, 0.2) is 0 Å². The minimum Gasteiger partial charge on any atom is -0.327 e. The molecule has 0 spiro atoms. The Morgan fingerprint density at radius 2 is 1.95 bits per heavy atom. The van der Waals surface area contributed by atoms with E-state index >= 15 is 0 Å². The number of imidazole rings is 1. The van der Waals surface area contributed by atoms with E-state index in [2.05, 4.69) is 24.1 Å². The molecule has 0 fully saturated rings. The monoisotopic (exact) mass is 293 g/mol. The minimum atomic E-state index is -2.91. The van der Waals surface area contributed by atoms with Gasteiger partial charge in [-0.25, -0.2) is 4.98 Å². The molecule has 1 aromatic heterocycles. The van der Waals surface area contributed by atoms with Crippen molar-refractivity contribution < 1.29 is 8.78 Å². The smallest absolute Gasteiger partial charge is 0.290 e. The molecular weight excluding hydrogens is 272 g/mol. The molecule has 0 saturated heterocycles. The number of aromatic nitrogens is 2. The van der Waals surface area contributed by atoms with Crippen LogP contribution in [0.2, 0.25) is 0 Å². The number of nitrogens with zero attached hydrogens (tertiary/aromatic N) is 2. The van der Waals surface area contributed by atoms with Gasteiger partial charge in [0.2, 0.25) is 0 Å². The number of halogens is 2. The molecule has 2 aromatic rings. The number of benzene rings is 1. The second kappa shape index (κ2) is 6.80. The van der Waals surface area contributed by atoms with Crippen LogP contribution in [0.4, 0.5) is 8.78 Å². The molecular formula is C16H21F2N3. The molecule has 1 N–H and O–H groups in total. The van der Waals surface area contributed by atoms with E-state index in [0.29, 0.717) is 18.3 Å². The molecule has 2 rings (SSSR count). The van der Waals surface area contributed by atoms with Gasteiger partial charge < -0.3 is 9.88 Å². The largest absolute Gasteiger partial charge is 0.327 e. The number of alkyl halides is 2. The average Bonchev–Trinajstić information content (AvgIpc) is 2.86. The SMILES string of the molecule is CC(C)CNCc1nccn1CC(F)(F)c1ccccc1. The van der Waals surface area contributed by atoms with Crippen LogP contribution in [0, 0.1) is 5.92 Å². The highest BCUT2D eigenvalue weighted by Gasteiger charge is 2.32. The second-order valence-corrected chi connectivity index (χ2v) is 5.57. The van der Waals surface area contributed by atoms with E-state index in [9.17, 15) is 8.78 Å². The molecule has 1 aromatic carbocycles. The summed E-state index contributed by atoms with van der Waals surface area (Å²) in [6.45, 7) is 5.14. The quantitative estimate of drug-likeness (QED) is 0.847. The summed E-state index contributed by atoms with van der Waals surface area (Å²) in [5.74, 6) is -1.76. The normalized spacial score (nSPS) is 12.0. The van der Waals surface area contributed by atoms with Gasteiger partial charge in [-0.2, -0.15) is 8.78 Å². The number of hydrogen-bond acceptors (Lipinski definition) is 2. The Kier molecular flexibility index (Phi) is 5.07. The maximum atomic E-state index is 14.3. The lowest BCUT2D eigenvalue weighted by Gasteiger charge is -2.19. The Labute approximate surface area is 124 Å². The molecule has 0 unspecified atom stereocenters. The molecule has 0 amide bonds. The summed E-state index contributed by atoms with van der Waals surface area (Å²) < 4.78 is 30.1. The molecule has 0 aliphatic rings. The third-order valence-corrected chi connectivity index (χ3v) is 3.20. The van der Waals surface area contributed by atoms with Gasteiger partial charge in [0.25, 0.3) is 5.92 Å². The zero-order chi connectivity index (χ0) is 15.3. The topological polar surface area (TPSA) is 29.9 Å². The van der Waals surface area contributed by atoms with Gasteiger partial charge in [-0.3, -0.25) is 0 Å². The van der Waals surface area contributed by atoms with Crippen LogP contribution in [0.15, 0.2) is 42.7 Å². The Morgan fingerprint density at radius 1 is 1.24 bits per heavy atom. The standard InChI is InChI=1S/C16H21F2N3/c1-13(2)10-19-11-15-20-8-9-21(15)12-16(17,18)14-6-4-3-5-7-14/h3-9,13,19H,10-12H2,1-2H3. The van der Waals surface area contributed by atoms with E-state index in [1.54, 1.807) is 30.6 Å². The van der Waals surface area contributed by atoms with E-state index in [0.717, 1.165) is 6.54 Å². The summed E-state index contributed by atoms with van der Waals surface area (Å²) in [7, 11) is 0. The predicted molar refractivity (Wildman–Crippen MR) is 79.1 cm³/mol. The van der Waals surface area contributed by atoms with Gasteiger partial charge in [0, 0.05) is 18.0 Å². The van der Waals surface area contributed by atoms with Crippen molar-refractivity contribution >= 4 is 0 Å². The lowest BCUT2D eigenvalue weighted by molar-refractivity contribution is -0.0230.